The molecular weight excluding hydrogens is 264 g/mol. The van der Waals surface area contributed by atoms with E-state index in [4.69, 9.17) is 5.73 Å². The number of rotatable bonds is 5. The second-order valence-corrected chi connectivity index (χ2v) is 6.34. The summed E-state index contributed by atoms with van der Waals surface area (Å²) in [6.07, 6.45) is 0. The van der Waals surface area contributed by atoms with Crippen LogP contribution in [0.25, 0.3) is 0 Å². The first-order valence-electron chi connectivity index (χ1n) is 7.17. The fourth-order valence-corrected chi connectivity index (χ4v) is 3.85. The molecule has 2 unspecified atom stereocenters. The third-order valence-corrected chi connectivity index (χ3v) is 4.77. The Hall–Kier alpha value is -1.32. The van der Waals surface area contributed by atoms with Crippen LogP contribution in [0.2, 0.25) is 0 Å². The predicted octanol–water partition coefficient (Wildman–Crippen LogP) is 4.28. The third kappa shape index (κ3) is 3.05. The van der Waals surface area contributed by atoms with Crippen LogP contribution < -0.4 is 10.6 Å². The van der Waals surface area contributed by atoms with Gasteiger partial charge in [-0.05, 0) is 62.4 Å². The molecule has 2 atom stereocenters. The molecule has 0 saturated heterocycles. The van der Waals surface area contributed by atoms with Crippen LogP contribution in [0.4, 0.5) is 5.69 Å². The topological polar surface area (TPSA) is 29.3 Å². The molecule has 108 valence electrons. The van der Waals surface area contributed by atoms with Crippen molar-refractivity contribution in [3.05, 3.63) is 51.7 Å². The Bertz CT molecular complexity index is 560. The van der Waals surface area contributed by atoms with E-state index in [9.17, 15) is 0 Å². The number of benzene rings is 1. The van der Waals surface area contributed by atoms with Crippen LogP contribution in [-0.2, 0) is 0 Å². The van der Waals surface area contributed by atoms with E-state index in [-0.39, 0.29) is 12.1 Å². The quantitative estimate of drug-likeness (QED) is 0.889. The summed E-state index contributed by atoms with van der Waals surface area (Å²) in [6, 6.07) is 11.2. The summed E-state index contributed by atoms with van der Waals surface area (Å²) < 4.78 is 0. The number of nitrogens with zero attached hydrogens (tertiary/aromatic N) is 1. The van der Waals surface area contributed by atoms with Crippen LogP contribution >= 0.6 is 11.3 Å². The summed E-state index contributed by atoms with van der Waals surface area (Å²) in [7, 11) is 0. The maximum atomic E-state index is 6.31. The summed E-state index contributed by atoms with van der Waals surface area (Å²) in [5, 5.41) is 2.16. The average molecular weight is 288 g/mol. The van der Waals surface area contributed by atoms with Gasteiger partial charge in [-0.3, -0.25) is 0 Å². The minimum Gasteiger partial charge on any atom is -0.362 e. The summed E-state index contributed by atoms with van der Waals surface area (Å²) in [4.78, 5) is 3.79. The van der Waals surface area contributed by atoms with Crippen LogP contribution in [-0.4, -0.2) is 12.6 Å². The number of likely N-dealkylation sites (N-methyl/N-ethyl adjacent to an activating group) is 1. The largest absolute Gasteiger partial charge is 0.362 e. The Morgan fingerprint density at radius 1 is 1.25 bits per heavy atom. The molecule has 3 heteroatoms. The molecule has 0 fully saturated rings. The molecule has 2 rings (SSSR count). The second kappa shape index (κ2) is 6.42. The van der Waals surface area contributed by atoms with Crippen molar-refractivity contribution < 1.29 is 0 Å². The van der Waals surface area contributed by atoms with Gasteiger partial charge in [0.15, 0.2) is 0 Å². The van der Waals surface area contributed by atoms with Gasteiger partial charge in [0.25, 0.3) is 0 Å². The minimum absolute atomic E-state index is 0.0906. The monoisotopic (exact) mass is 288 g/mol. The minimum atomic E-state index is 0.0906. The van der Waals surface area contributed by atoms with Gasteiger partial charge >= 0.3 is 0 Å². The number of anilines is 1. The standard InChI is InChI=1S/C17H24N2S/c1-5-19(15-8-6-7-12(2)11-15)16(14(4)18)17-13(3)9-10-20-17/h6-11,14,16H,5,18H2,1-4H3. The van der Waals surface area contributed by atoms with Crippen LogP contribution in [0, 0.1) is 13.8 Å². The highest BCUT2D eigenvalue weighted by atomic mass is 32.1. The molecule has 1 aromatic carbocycles. The molecule has 1 heterocycles. The van der Waals surface area contributed by atoms with Gasteiger partial charge in [-0.25, -0.2) is 0 Å². The lowest BCUT2D eigenvalue weighted by Gasteiger charge is -2.35. The van der Waals surface area contributed by atoms with E-state index >= 15 is 0 Å². The molecule has 1 aromatic heterocycles. The van der Waals surface area contributed by atoms with Gasteiger partial charge in [-0.1, -0.05) is 12.1 Å². The molecule has 0 saturated carbocycles. The molecule has 2 N–H and O–H groups in total. The molecule has 0 bridgehead atoms. The fraction of sp³-hybridized carbons (Fsp3) is 0.412. The number of hydrogen-bond acceptors (Lipinski definition) is 3. The highest BCUT2D eigenvalue weighted by molar-refractivity contribution is 7.10. The van der Waals surface area contributed by atoms with E-state index in [0.29, 0.717) is 0 Å². The van der Waals surface area contributed by atoms with Crippen molar-refractivity contribution >= 4 is 17.0 Å². The molecule has 0 aliphatic carbocycles. The van der Waals surface area contributed by atoms with Gasteiger partial charge in [0.1, 0.15) is 0 Å². The predicted molar refractivity (Wildman–Crippen MR) is 89.6 cm³/mol. The molecule has 0 aliphatic rings. The average Bonchev–Trinajstić information content (AvgIpc) is 2.81. The summed E-state index contributed by atoms with van der Waals surface area (Å²) in [5.41, 5.74) is 10.2. The molecular formula is C17H24N2S. The van der Waals surface area contributed by atoms with Crippen LogP contribution in [0.1, 0.15) is 35.9 Å². The van der Waals surface area contributed by atoms with Gasteiger partial charge in [0, 0.05) is 23.2 Å². The summed E-state index contributed by atoms with van der Waals surface area (Å²) >= 11 is 1.81. The van der Waals surface area contributed by atoms with Crippen LogP contribution in [0.5, 0.6) is 0 Å². The zero-order valence-corrected chi connectivity index (χ0v) is 13.6. The third-order valence-electron chi connectivity index (χ3n) is 3.68. The smallest absolute Gasteiger partial charge is 0.0785 e. The lowest BCUT2D eigenvalue weighted by atomic mass is 10.0. The van der Waals surface area contributed by atoms with E-state index in [2.05, 4.69) is 68.3 Å². The van der Waals surface area contributed by atoms with Gasteiger partial charge in [0.05, 0.1) is 6.04 Å². The zero-order valence-electron chi connectivity index (χ0n) is 12.8. The Morgan fingerprint density at radius 2 is 2.00 bits per heavy atom. The number of thiophene rings is 1. The van der Waals surface area contributed by atoms with Crippen molar-refractivity contribution in [1.82, 2.24) is 0 Å². The maximum absolute atomic E-state index is 6.31. The Balaban J connectivity index is 2.43. The zero-order chi connectivity index (χ0) is 14.7. The first-order valence-corrected chi connectivity index (χ1v) is 8.05. The van der Waals surface area contributed by atoms with E-state index in [0.717, 1.165) is 6.54 Å². The Labute approximate surface area is 126 Å². The molecule has 2 nitrogen and oxygen atoms in total. The molecule has 20 heavy (non-hydrogen) atoms. The Kier molecular flexibility index (Phi) is 4.84. The van der Waals surface area contributed by atoms with Crippen molar-refractivity contribution in [3.8, 4) is 0 Å². The number of nitrogens with two attached hydrogens (primary N) is 1. The van der Waals surface area contributed by atoms with Crippen molar-refractivity contribution in [2.45, 2.75) is 39.8 Å². The number of aryl methyl sites for hydroxylation is 2. The van der Waals surface area contributed by atoms with E-state index in [1.807, 2.05) is 0 Å². The van der Waals surface area contributed by atoms with E-state index in [1.165, 1.54) is 21.7 Å². The first-order chi connectivity index (χ1) is 9.54. The lowest BCUT2D eigenvalue weighted by molar-refractivity contribution is 0.543. The summed E-state index contributed by atoms with van der Waals surface area (Å²) in [5.74, 6) is 0. The van der Waals surface area contributed by atoms with Gasteiger partial charge < -0.3 is 10.6 Å². The first kappa shape index (κ1) is 15.1. The Morgan fingerprint density at radius 3 is 2.50 bits per heavy atom. The normalized spacial score (nSPS) is 14.1. The van der Waals surface area contributed by atoms with Crippen molar-refractivity contribution in [3.63, 3.8) is 0 Å². The highest BCUT2D eigenvalue weighted by Crippen LogP contribution is 2.34. The van der Waals surface area contributed by atoms with Crippen LogP contribution in [0.15, 0.2) is 35.7 Å². The van der Waals surface area contributed by atoms with Gasteiger partial charge in [-0.2, -0.15) is 0 Å². The lowest BCUT2D eigenvalue weighted by Crippen LogP contribution is -2.39. The van der Waals surface area contributed by atoms with Gasteiger partial charge in [0.2, 0.25) is 0 Å². The fourth-order valence-electron chi connectivity index (χ4n) is 2.70. The SMILES string of the molecule is CCN(c1cccc(C)c1)C(c1sccc1C)C(C)N. The van der Waals surface area contributed by atoms with Crippen LogP contribution in [0.3, 0.4) is 0 Å². The molecule has 0 aliphatic heterocycles. The van der Waals surface area contributed by atoms with E-state index in [1.54, 1.807) is 11.3 Å². The van der Waals surface area contributed by atoms with E-state index < -0.39 is 0 Å². The molecule has 0 amide bonds. The molecule has 2 aromatic rings. The van der Waals surface area contributed by atoms with Crippen molar-refractivity contribution in [1.29, 1.82) is 0 Å². The van der Waals surface area contributed by atoms with Gasteiger partial charge in [-0.15, -0.1) is 11.3 Å². The molecule has 0 spiro atoms. The van der Waals surface area contributed by atoms with Crippen molar-refractivity contribution in [2.75, 3.05) is 11.4 Å². The molecule has 0 radical (unpaired) electrons. The highest BCUT2D eigenvalue weighted by Gasteiger charge is 2.25. The second-order valence-electron chi connectivity index (χ2n) is 5.40. The van der Waals surface area contributed by atoms with Crippen molar-refractivity contribution in [2.24, 2.45) is 5.73 Å². The summed E-state index contributed by atoms with van der Waals surface area (Å²) in [6.45, 7) is 9.55. The number of hydrogen-bond donors (Lipinski definition) is 1. The maximum Gasteiger partial charge on any atom is 0.0785 e.